The zero-order valence-electron chi connectivity index (χ0n) is 12.4. The van der Waals surface area contributed by atoms with Crippen molar-refractivity contribution in [1.82, 2.24) is 4.90 Å². The van der Waals surface area contributed by atoms with Crippen molar-refractivity contribution in [3.05, 3.63) is 23.3 Å². The summed E-state index contributed by atoms with van der Waals surface area (Å²) < 4.78 is 0. The summed E-state index contributed by atoms with van der Waals surface area (Å²) in [6.07, 6.45) is 5.25. The third kappa shape index (κ3) is 2.38. The van der Waals surface area contributed by atoms with Crippen molar-refractivity contribution in [3.8, 4) is 0 Å². The number of carbonyl (C=O) groups is 2. The molecule has 1 saturated carbocycles. The highest BCUT2D eigenvalue weighted by Gasteiger charge is 2.56. The summed E-state index contributed by atoms with van der Waals surface area (Å²) in [6.45, 7) is 8.20. The average molecular weight is 261 g/mol. The second kappa shape index (κ2) is 4.95. The van der Waals surface area contributed by atoms with Crippen LogP contribution in [0.4, 0.5) is 0 Å². The van der Waals surface area contributed by atoms with Gasteiger partial charge in [-0.2, -0.15) is 0 Å². The normalized spacial score (nSPS) is 33.4. The van der Waals surface area contributed by atoms with Gasteiger partial charge in [-0.05, 0) is 46.0 Å². The van der Waals surface area contributed by atoms with E-state index in [1.807, 2.05) is 27.7 Å². The first-order valence-electron chi connectivity index (χ1n) is 6.94. The molecule has 1 aliphatic heterocycles. The third-order valence-electron chi connectivity index (χ3n) is 4.18. The molecule has 3 heteroatoms. The molecule has 2 aliphatic rings. The van der Waals surface area contributed by atoms with E-state index >= 15 is 0 Å². The first-order valence-corrected chi connectivity index (χ1v) is 6.94. The standard InChI is InChI=1S/C16H23NO2/c1-9(2)6-11-8-12(7-10(3)4)14-13(11)15(18)17(5)16(14)19/h6-7,11-14H,8H2,1-5H3. The van der Waals surface area contributed by atoms with E-state index in [0.29, 0.717) is 0 Å². The van der Waals surface area contributed by atoms with Gasteiger partial charge in [-0.3, -0.25) is 14.5 Å². The molecule has 0 aromatic rings. The molecule has 1 heterocycles. The molecule has 0 bridgehead atoms. The van der Waals surface area contributed by atoms with Gasteiger partial charge in [-0.15, -0.1) is 0 Å². The maximum absolute atomic E-state index is 12.3. The largest absolute Gasteiger partial charge is 0.285 e. The van der Waals surface area contributed by atoms with Crippen LogP contribution in [0.3, 0.4) is 0 Å². The van der Waals surface area contributed by atoms with E-state index in [0.717, 1.165) is 6.42 Å². The lowest BCUT2D eigenvalue weighted by Gasteiger charge is -2.15. The van der Waals surface area contributed by atoms with E-state index in [2.05, 4.69) is 12.2 Å². The molecule has 2 fully saturated rings. The van der Waals surface area contributed by atoms with Gasteiger partial charge in [0.2, 0.25) is 11.8 Å². The van der Waals surface area contributed by atoms with Crippen molar-refractivity contribution in [2.45, 2.75) is 34.1 Å². The highest BCUT2D eigenvalue weighted by atomic mass is 16.2. The average Bonchev–Trinajstić information content (AvgIpc) is 2.72. The third-order valence-corrected chi connectivity index (χ3v) is 4.18. The van der Waals surface area contributed by atoms with Gasteiger partial charge in [-0.1, -0.05) is 23.3 Å². The van der Waals surface area contributed by atoms with Crippen LogP contribution in [0.2, 0.25) is 0 Å². The number of hydrogen-bond donors (Lipinski definition) is 0. The van der Waals surface area contributed by atoms with Crippen molar-refractivity contribution < 1.29 is 9.59 Å². The van der Waals surface area contributed by atoms with E-state index in [-0.39, 0.29) is 35.5 Å². The predicted octanol–water partition coefficient (Wildman–Crippen LogP) is 2.79. The molecular weight excluding hydrogens is 238 g/mol. The number of allylic oxidation sites excluding steroid dienone is 4. The summed E-state index contributed by atoms with van der Waals surface area (Å²) in [5.41, 5.74) is 2.44. The molecule has 2 amide bonds. The molecule has 0 N–H and O–H groups in total. The Bertz CT molecular complexity index is 425. The topological polar surface area (TPSA) is 37.4 Å². The van der Waals surface area contributed by atoms with Gasteiger partial charge in [0.05, 0.1) is 11.8 Å². The lowest BCUT2D eigenvalue weighted by molar-refractivity contribution is -0.139. The molecule has 4 unspecified atom stereocenters. The lowest BCUT2D eigenvalue weighted by Crippen LogP contribution is -2.29. The van der Waals surface area contributed by atoms with Crippen LogP contribution in [0.5, 0.6) is 0 Å². The molecule has 0 spiro atoms. The molecular formula is C16H23NO2. The molecule has 1 saturated heterocycles. The Balaban J connectivity index is 2.39. The summed E-state index contributed by atoms with van der Waals surface area (Å²) in [7, 11) is 1.61. The highest BCUT2D eigenvalue weighted by molar-refractivity contribution is 6.05. The number of rotatable bonds is 2. The van der Waals surface area contributed by atoms with E-state index < -0.39 is 0 Å². The molecule has 0 radical (unpaired) electrons. The van der Waals surface area contributed by atoms with E-state index in [1.165, 1.54) is 16.0 Å². The molecule has 1 aliphatic carbocycles. The number of nitrogens with zero attached hydrogens (tertiary/aromatic N) is 1. The predicted molar refractivity (Wildman–Crippen MR) is 75.2 cm³/mol. The summed E-state index contributed by atoms with van der Waals surface area (Å²) in [6, 6.07) is 0. The summed E-state index contributed by atoms with van der Waals surface area (Å²) in [5.74, 6) is 0.124. The van der Waals surface area contributed by atoms with Crippen LogP contribution < -0.4 is 0 Å². The fourth-order valence-electron chi connectivity index (χ4n) is 3.57. The second-order valence-electron chi connectivity index (χ2n) is 6.34. The quantitative estimate of drug-likeness (QED) is 0.566. The number of hydrogen-bond acceptors (Lipinski definition) is 2. The van der Waals surface area contributed by atoms with E-state index in [4.69, 9.17) is 0 Å². The van der Waals surface area contributed by atoms with Gasteiger partial charge in [0, 0.05) is 7.05 Å². The fourth-order valence-corrected chi connectivity index (χ4v) is 3.57. The number of amides is 2. The Hall–Kier alpha value is -1.38. The molecule has 0 aromatic heterocycles. The van der Waals surface area contributed by atoms with E-state index in [1.54, 1.807) is 7.05 Å². The van der Waals surface area contributed by atoms with Crippen molar-refractivity contribution >= 4 is 11.8 Å². The van der Waals surface area contributed by atoms with Gasteiger partial charge in [-0.25, -0.2) is 0 Å². The number of imide groups is 1. The Morgan fingerprint density at radius 1 is 0.947 bits per heavy atom. The molecule has 4 atom stereocenters. The molecule has 104 valence electrons. The minimum absolute atomic E-state index is 0.00200. The zero-order valence-corrected chi connectivity index (χ0v) is 12.4. The van der Waals surface area contributed by atoms with Crippen molar-refractivity contribution in [2.24, 2.45) is 23.7 Å². The molecule has 0 aromatic carbocycles. The maximum atomic E-state index is 12.3. The monoisotopic (exact) mass is 261 g/mol. The van der Waals surface area contributed by atoms with Crippen LogP contribution in [-0.2, 0) is 9.59 Å². The fraction of sp³-hybridized carbons (Fsp3) is 0.625. The summed E-state index contributed by atoms with van der Waals surface area (Å²) in [4.78, 5) is 25.9. The van der Waals surface area contributed by atoms with Gasteiger partial charge >= 0.3 is 0 Å². The van der Waals surface area contributed by atoms with Gasteiger partial charge in [0.25, 0.3) is 0 Å². The number of fused-ring (bicyclic) bond motifs is 1. The minimum Gasteiger partial charge on any atom is -0.285 e. The van der Waals surface area contributed by atoms with Crippen molar-refractivity contribution in [1.29, 1.82) is 0 Å². The first-order chi connectivity index (χ1) is 8.82. The Labute approximate surface area is 115 Å². The van der Waals surface area contributed by atoms with Crippen molar-refractivity contribution in [3.63, 3.8) is 0 Å². The van der Waals surface area contributed by atoms with Crippen LogP contribution in [0.25, 0.3) is 0 Å². The molecule has 2 rings (SSSR count). The smallest absolute Gasteiger partial charge is 0.233 e. The second-order valence-corrected chi connectivity index (χ2v) is 6.34. The molecule has 3 nitrogen and oxygen atoms in total. The zero-order chi connectivity index (χ0) is 14.3. The van der Waals surface area contributed by atoms with Crippen LogP contribution in [0.1, 0.15) is 34.1 Å². The van der Waals surface area contributed by atoms with Gasteiger partial charge in [0.1, 0.15) is 0 Å². The molecule has 19 heavy (non-hydrogen) atoms. The Morgan fingerprint density at radius 2 is 1.32 bits per heavy atom. The van der Waals surface area contributed by atoms with Gasteiger partial charge < -0.3 is 0 Å². The van der Waals surface area contributed by atoms with Crippen LogP contribution >= 0.6 is 0 Å². The van der Waals surface area contributed by atoms with E-state index in [9.17, 15) is 9.59 Å². The first kappa shape index (κ1) is 14.0. The SMILES string of the molecule is CC(C)=CC1CC(C=C(C)C)C2C(=O)N(C)C(=O)C12. The van der Waals surface area contributed by atoms with Crippen LogP contribution in [0, 0.1) is 23.7 Å². The number of likely N-dealkylation sites (tertiary alicyclic amines) is 1. The van der Waals surface area contributed by atoms with Crippen LogP contribution in [-0.4, -0.2) is 23.8 Å². The van der Waals surface area contributed by atoms with Crippen molar-refractivity contribution in [2.75, 3.05) is 7.05 Å². The highest BCUT2D eigenvalue weighted by Crippen LogP contribution is 2.48. The lowest BCUT2D eigenvalue weighted by atomic mass is 9.88. The Morgan fingerprint density at radius 3 is 1.63 bits per heavy atom. The van der Waals surface area contributed by atoms with Crippen LogP contribution in [0.15, 0.2) is 23.3 Å². The summed E-state index contributed by atoms with van der Waals surface area (Å²) in [5, 5.41) is 0. The van der Waals surface area contributed by atoms with Gasteiger partial charge in [0.15, 0.2) is 0 Å². The Kier molecular flexibility index (Phi) is 3.66. The summed E-state index contributed by atoms with van der Waals surface area (Å²) >= 11 is 0. The minimum atomic E-state index is -0.145. The number of carbonyl (C=O) groups excluding carboxylic acids is 2. The maximum Gasteiger partial charge on any atom is 0.233 e.